The molecule has 2 bridgehead atoms. The minimum absolute atomic E-state index is 0.00333. The van der Waals surface area contributed by atoms with E-state index < -0.39 is 17.3 Å². The van der Waals surface area contributed by atoms with Gasteiger partial charge in [0.2, 0.25) is 0 Å². The fraction of sp³-hybridized carbons (Fsp3) is 0.857. The highest BCUT2D eigenvalue weighted by molar-refractivity contribution is 14.1. The maximum Gasteiger partial charge on any atom is 0.375 e. The van der Waals surface area contributed by atoms with E-state index in [-0.39, 0.29) is 3.42 Å². The molecule has 3 aliphatic carbocycles. The van der Waals surface area contributed by atoms with Gasteiger partial charge in [-0.1, -0.05) is 22.6 Å². The van der Waals surface area contributed by atoms with E-state index in [2.05, 4.69) is 22.6 Å². The zero-order valence-electron chi connectivity index (χ0n) is 6.11. The van der Waals surface area contributed by atoms with Crippen LogP contribution < -0.4 is 0 Å². The van der Waals surface area contributed by atoms with Gasteiger partial charge >= 0.3 is 11.9 Å². The van der Waals surface area contributed by atoms with Gasteiger partial charge in [-0.2, -0.15) is 8.78 Å². The first-order valence-corrected chi connectivity index (χ1v) is 4.69. The summed E-state index contributed by atoms with van der Waals surface area (Å²) in [6.07, 6.45) is 1.08. The van der Waals surface area contributed by atoms with E-state index in [1.54, 1.807) is 0 Å². The quantitative estimate of drug-likeness (QED) is 0.624. The van der Waals surface area contributed by atoms with Crippen molar-refractivity contribution in [2.45, 2.75) is 28.6 Å². The number of alkyl halides is 3. The predicted molar refractivity (Wildman–Crippen MR) is 45.6 cm³/mol. The van der Waals surface area contributed by atoms with Gasteiger partial charge in [0.05, 0.1) is 0 Å². The minimum atomic E-state index is -3.51. The van der Waals surface area contributed by atoms with Gasteiger partial charge in [-0.25, -0.2) is 4.79 Å². The average Bonchev–Trinajstić information content (AvgIpc) is 1.78. The molecule has 0 aromatic carbocycles. The minimum Gasteiger partial charge on any atom is -0.477 e. The smallest absolute Gasteiger partial charge is 0.375 e. The molecule has 3 saturated carbocycles. The van der Waals surface area contributed by atoms with Crippen molar-refractivity contribution in [1.29, 1.82) is 0 Å². The van der Waals surface area contributed by atoms with E-state index in [0.717, 1.165) is 0 Å². The van der Waals surface area contributed by atoms with Gasteiger partial charge in [-0.15, -0.1) is 0 Å². The van der Waals surface area contributed by atoms with E-state index in [1.165, 1.54) is 0 Å². The molecule has 5 heteroatoms. The highest BCUT2D eigenvalue weighted by atomic mass is 127. The van der Waals surface area contributed by atoms with E-state index in [0.29, 0.717) is 19.3 Å². The molecular formula is C7H7F2IO2. The second kappa shape index (κ2) is 1.93. The average molecular weight is 288 g/mol. The Morgan fingerprint density at radius 1 is 1.42 bits per heavy atom. The maximum absolute atomic E-state index is 13.0. The number of halogens is 3. The third-order valence-electron chi connectivity index (χ3n) is 2.90. The Labute approximate surface area is 81.5 Å². The molecule has 0 atom stereocenters. The van der Waals surface area contributed by atoms with Crippen LogP contribution in [-0.4, -0.2) is 20.4 Å². The van der Waals surface area contributed by atoms with Crippen LogP contribution in [0.15, 0.2) is 0 Å². The van der Waals surface area contributed by atoms with Crippen LogP contribution in [0.25, 0.3) is 0 Å². The first-order chi connectivity index (χ1) is 5.31. The SMILES string of the molecule is O=C(O)C(F)(F)C12CC(I)(C1)C2. The molecular weight excluding hydrogens is 281 g/mol. The summed E-state index contributed by atoms with van der Waals surface area (Å²) < 4.78 is 26.0. The molecule has 0 aromatic rings. The Kier molecular flexibility index (Phi) is 1.39. The van der Waals surface area contributed by atoms with Crippen LogP contribution in [0.3, 0.4) is 0 Å². The highest BCUT2D eigenvalue weighted by Gasteiger charge is 2.78. The second-order valence-electron chi connectivity index (χ2n) is 3.84. The summed E-state index contributed by atoms with van der Waals surface area (Å²) in [6, 6.07) is 0. The summed E-state index contributed by atoms with van der Waals surface area (Å²) in [5.41, 5.74) is -1.19. The number of hydrogen-bond donors (Lipinski definition) is 1. The van der Waals surface area contributed by atoms with Crippen LogP contribution in [0.1, 0.15) is 19.3 Å². The van der Waals surface area contributed by atoms with Crippen LogP contribution in [0.5, 0.6) is 0 Å². The van der Waals surface area contributed by atoms with Crippen LogP contribution in [0, 0.1) is 5.41 Å². The van der Waals surface area contributed by atoms with Crippen molar-refractivity contribution in [2.24, 2.45) is 5.41 Å². The van der Waals surface area contributed by atoms with Crippen LogP contribution in [-0.2, 0) is 4.79 Å². The number of carboxylic acid groups (broad SMARTS) is 1. The van der Waals surface area contributed by atoms with Crippen molar-refractivity contribution in [2.75, 3.05) is 0 Å². The highest BCUT2D eigenvalue weighted by Crippen LogP contribution is 2.76. The van der Waals surface area contributed by atoms with Crippen molar-refractivity contribution >= 4 is 28.6 Å². The Balaban J connectivity index is 2.17. The van der Waals surface area contributed by atoms with Gasteiger partial charge in [-0.05, 0) is 19.3 Å². The number of carbonyl (C=O) groups is 1. The van der Waals surface area contributed by atoms with Crippen LogP contribution in [0.4, 0.5) is 8.78 Å². The molecule has 0 unspecified atom stereocenters. The van der Waals surface area contributed by atoms with Gasteiger partial charge in [-0.3, -0.25) is 0 Å². The third kappa shape index (κ3) is 0.756. The lowest BCUT2D eigenvalue weighted by Crippen LogP contribution is -2.72. The molecule has 0 spiro atoms. The van der Waals surface area contributed by atoms with Gasteiger partial charge in [0, 0.05) is 8.84 Å². The molecule has 0 heterocycles. The summed E-state index contributed by atoms with van der Waals surface area (Å²) in [7, 11) is 0. The Morgan fingerprint density at radius 2 is 1.83 bits per heavy atom. The van der Waals surface area contributed by atoms with Crippen molar-refractivity contribution in [3.8, 4) is 0 Å². The molecule has 2 nitrogen and oxygen atoms in total. The standard InChI is InChI=1S/C7H7F2IO2/c8-7(9,4(11)12)5-1-6(10,2-5)3-5/h1-3H2,(H,11,12). The van der Waals surface area contributed by atoms with E-state index >= 15 is 0 Å². The van der Waals surface area contributed by atoms with Crippen molar-refractivity contribution < 1.29 is 18.7 Å². The Bertz CT molecular complexity index is 244. The number of carboxylic acids is 1. The van der Waals surface area contributed by atoms with Crippen molar-refractivity contribution in [3.63, 3.8) is 0 Å². The monoisotopic (exact) mass is 288 g/mol. The number of hydrogen-bond acceptors (Lipinski definition) is 1. The summed E-state index contributed by atoms with van der Waals surface area (Å²) in [4.78, 5) is 10.2. The molecule has 0 aromatic heterocycles. The topological polar surface area (TPSA) is 37.3 Å². The van der Waals surface area contributed by atoms with E-state index in [4.69, 9.17) is 5.11 Å². The zero-order chi connectivity index (χ0) is 9.20. The lowest BCUT2D eigenvalue weighted by molar-refractivity contribution is -0.246. The first-order valence-electron chi connectivity index (χ1n) is 3.62. The fourth-order valence-corrected chi connectivity index (χ4v) is 4.41. The predicted octanol–water partition coefficient (Wildman–Crippen LogP) is 2.06. The summed E-state index contributed by atoms with van der Waals surface area (Å²) in [5, 5.41) is 8.30. The maximum atomic E-state index is 13.0. The van der Waals surface area contributed by atoms with Crippen molar-refractivity contribution in [3.05, 3.63) is 0 Å². The molecule has 3 fully saturated rings. The number of aliphatic carboxylic acids is 1. The molecule has 0 amide bonds. The van der Waals surface area contributed by atoms with Crippen LogP contribution >= 0.6 is 22.6 Å². The molecule has 12 heavy (non-hydrogen) atoms. The molecule has 68 valence electrons. The zero-order valence-corrected chi connectivity index (χ0v) is 8.27. The van der Waals surface area contributed by atoms with E-state index in [1.807, 2.05) is 0 Å². The second-order valence-corrected chi connectivity index (χ2v) is 6.13. The van der Waals surface area contributed by atoms with E-state index in [9.17, 15) is 13.6 Å². The van der Waals surface area contributed by atoms with Crippen LogP contribution in [0.2, 0.25) is 0 Å². The molecule has 0 saturated heterocycles. The Morgan fingerprint density at radius 3 is 2.08 bits per heavy atom. The lowest BCUT2D eigenvalue weighted by atomic mass is 9.42. The first kappa shape index (κ1) is 8.65. The van der Waals surface area contributed by atoms with Gasteiger partial charge in [0.1, 0.15) is 0 Å². The lowest BCUT2D eigenvalue weighted by Gasteiger charge is -2.69. The summed E-state index contributed by atoms with van der Waals surface area (Å²) >= 11 is 2.14. The van der Waals surface area contributed by atoms with Gasteiger partial charge in [0.25, 0.3) is 0 Å². The number of rotatable bonds is 2. The summed E-state index contributed by atoms with van der Waals surface area (Å²) in [6.45, 7) is 0. The molecule has 1 N–H and O–H groups in total. The summed E-state index contributed by atoms with van der Waals surface area (Å²) in [5.74, 6) is -5.49. The molecule has 0 aliphatic heterocycles. The van der Waals surface area contributed by atoms with Gasteiger partial charge in [0.15, 0.2) is 0 Å². The van der Waals surface area contributed by atoms with Crippen molar-refractivity contribution in [1.82, 2.24) is 0 Å². The molecule has 0 radical (unpaired) electrons. The normalized spacial score (nSPS) is 44.6. The molecule has 3 aliphatic rings. The fourth-order valence-electron chi connectivity index (χ4n) is 2.22. The van der Waals surface area contributed by atoms with Gasteiger partial charge < -0.3 is 5.11 Å². The third-order valence-corrected chi connectivity index (χ3v) is 4.04. The largest absolute Gasteiger partial charge is 0.477 e. The molecule has 3 rings (SSSR count). The Hall–Kier alpha value is 0.0600.